The third-order valence-corrected chi connectivity index (χ3v) is 5.10. The van der Waals surface area contributed by atoms with Gasteiger partial charge in [-0.3, -0.25) is 4.79 Å². The van der Waals surface area contributed by atoms with Crippen LogP contribution in [0.5, 0.6) is 0 Å². The first-order chi connectivity index (χ1) is 11.7. The highest BCUT2D eigenvalue weighted by Crippen LogP contribution is 2.36. The van der Waals surface area contributed by atoms with E-state index in [1.807, 2.05) is 67.6 Å². The lowest BCUT2D eigenvalue weighted by molar-refractivity contribution is -0.125. The largest absolute Gasteiger partial charge is 0.396 e. The molecule has 1 aliphatic carbocycles. The maximum atomic E-state index is 13.3. The molecule has 3 rings (SSSR count). The number of carbonyl (C=O) groups is 1. The second-order valence-electron chi connectivity index (χ2n) is 6.79. The molecule has 0 bridgehead atoms. The van der Waals surface area contributed by atoms with Gasteiger partial charge in [0.15, 0.2) is 0 Å². The van der Waals surface area contributed by atoms with Crippen molar-refractivity contribution in [3.8, 4) is 0 Å². The van der Waals surface area contributed by atoms with Gasteiger partial charge in [-0.15, -0.1) is 0 Å². The summed E-state index contributed by atoms with van der Waals surface area (Å²) in [6.07, 6.45) is 2.90. The predicted octanol–water partition coefficient (Wildman–Crippen LogP) is 3.27. The zero-order valence-electron chi connectivity index (χ0n) is 14.1. The molecular weight excluding hydrogens is 298 g/mol. The molecule has 1 atom stereocenters. The molecule has 0 saturated heterocycles. The van der Waals surface area contributed by atoms with Crippen molar-refractivity contribution in [2.24, 2.45) is 5.92 Å². The van der Waals surface area contributed by atoms with Crippen molar-refractivity contribution in [3.05, 3.63) is 71.8 Å². The van der Waals surface area contributed by atoms with Crippen LogP contribution in [0.15, 0.2) is 60.7 Å². The lowest BCUT2D eigenvalue weighted by Gasteiger charge is -2.32. The zero-order chi connectivity index (χ0) is 17.0. The smallest absolute Gasteiger partial charge is 0.235 e. The van der Waals surface area contributed by atoms with Gasteiger partial charge in [-0.1, -0.05) is 60.7 Å². The average molecular weight is 323 g/mol. The maximum Gasteiger partial charge on any atom is 0.235 e. The molecule has 1 fully saturated rings. The minimum atomic E-state index is -0.745. The molecular formula is C21H25NO2. The molecule has 1 amide bonds. The second-order valence-corrected chi connectivity index (χ2v) is 6.79. The van der Waals surface area contributed by atoms with Crippen LogP contribution in [0.4, 0.5) is 0 Å². The van der Waals surface area contributed by atoms with E-state index in [1.54, 1.807) is 0 Å². The molecule has 24 heavy (non-hydrogen) atoms. The number of carbonyl (C=O) groups excluding carboxylic acids is 1. The van der Waals surface area contributed by atoms with Gasteiger partial charge in [0.2, 0.25) is 5.91 Å². The van der Waals surface area contributed by atoms with Crippen molar-refractivity contribution in [1.29, 1.82) is 0 Å². The SMILES string of the molecule is CC(C(=O)NC(CCO)C1CC1)(c1ccccc1)c1ccccc1. The number of amides is 1. The van der Waals surface area contributed by atoms with Gasteiger partial charge in [0, 0.05) is 12.6 Å². The van der Waals surface area contributed by atoms with Gasteiger partial charge in [-0.2, -0.15) is 0 Å². The summed E-state index contributed by atoms with van der Waals surface area (Å²) >= 11 is 0. The molecule has 1 saturated carbocycles. The van der Waals surface area contributed by atoms with Crippen molar-refractivity contribution < 1.29 is 9.90 Å². The molecule has 2 aromatic carbocycles. The number of benzene rings is 2. The normalized spacial score (nSPS) is 15.8. The summed E-state index contributed by atoms with van der Waals surface area (Å²) < 4.78 is 0. The zero-order valence-corrected chi connectivity index (χ0v) is 14.1. The van der Waals surface area contributed by atoms with Crippen LogP contribution in [-0.4, -0.2) is 23.7 Å². The molecule has 0 aromatic heterocycles. The molecule has 3 nitrogen and oxygen atoms in total. The van der Waals surface area contributed by atoms with E-state index in [4.69, 9.17) is 0 Å². The first-order valence-electron chi connectivity index (χ1n) is 8.69. The lowest BCUT2D eigenvalue weighted by atomic mass is 9.75. The number of nitrogens with one attached hydrogen (secondary N) is 1. The first-order valence-corrected chi connectivity index (χ1v) is 8.69. The van der Waals surface area contributed by atoms with Gasteiger partial charge in [0.1, 0.15) is 0 Å². The highest BCUT2D eigenvalue weighted by atomic mass is 16.3. The van der Waals surface area contributed by atoms with Crippen LogP contribution in [0.25, 0.3) is 0 Å². The fourth-order valence-electron chi connectivity index (χ4n) is 3.35. The maximum absolute atomic E-state index is 13.3. The van der Waals surface area contributed by atoms with Gasteiger partial charge in [0.25, 0.3) is 0 Å². The predicted molar refractivity (Wildman–Crippen MR) is 95.7 cm³/mol. The summed E-state index contributed by atoms with van der Waals surface area (Å²) in [6.45, 7) is 2.09. The fourth-order valence-corrected chi connectivity index (χ4v) is 3.35. The van der Waals surface area contributed by atoms with Crippen LogP contribution in [0.3, 0.4) is 0 Å². The monoisotopic (exact) mass is 323 g/mol. The number of aliphatic hydroxyl groups is 1. The Labute approximate surface area is 143 Å². The Morgan fingerprint density at radius 1 is 1.08 bits per heavy atom. The van der Waals surface area contributed by atoms with Crippen molar-refractivity contribution in [1.82, 2.24) is 5.32 Å². The standard InChI is InChI=1S/C21H25NO2/c1-21(17-8-4-2-5-9-17,18-10-6-3-7-11-18)20(24)22-19(14-15-23)16-12-13-16/h2-11,16,19,23H,12-15H2,1H3,(H,22,24). The quantitative estimate of drug-likeness (QED) is 0.821. The molecule has 0 aliphatic heterocycles. The van der Waals surface area contributed by atoms with Crippen LogP contribution in [0.2, 0.25) is 0 Å². The van der Waals surface area contributed by atoms with Gasteiger partial charge in [0.05, 0.1) is 5.41 Å². The second kappa shape index (κ2) is 7.18. The van der Waals surface area contributed by atoms with E-state index >= 15 is 0 Å². The molecule has 0 heterocycles. The summed E-state index contributed by atoms with van der Waals surface area (Å²) in [5.41, 5.74) is 1.21. The van der Waals surface area contributed by atoms with Crippen molar-refractivity contribution >= 4 is 5.91 Å². The summed E-state index contributed by atoms with van der Waals surface area (Å²) in [4.78, 5) is 13.3. The highest BCUT2D eigenvalue weighted by Gasteiger charge is 2.40. The molecule has 3 heteroatoms. The molecule has 126 valence electrons. The van der Waals surface area contributed by atoms with Crippen molar-refractivity contribution in [3.63, 3.8) is 0 Å². The number of hydrogen-bond donors (Lipinski definition) is 2. The number of aliphatic hydroxyl groups excluding tert-OH is 1. The summed E-state index contributed by atoms with van der Waals surface area (Å²) in [5, 5.41) is 12.5. The van der Waals surface area contributed by atoms with Crippen molar-refractivity contribution in [2.75, 3.05) is 6.61 Å². The molecule has 0 radical (unpaired) electrons. The third kappa shape index (κ3) is 3.36. The molecule has 2 N–H and O–H groups in total. The van der Waals surface area contributed by atoms with Crippen LogP contribution in [0.1, 0.15) is 37.3 Å². The summed E-state index contributed by atoms with van der Waals surface area (Å²) in [6, 6.07) is 19.9. The van der Waals surface area contributed by atoms with Gasteiger partial charge < -0.3 is 10.4 Å². The Bertz CT molecular complexity index is 625. The Morgan fingerprint density at radius 3 is 2.00 bits per heavy atom. The first kappa shape index (κ1) is 16.7. The van der Waals surface area contributed by atoms with Crippen LogP contribution in [-0.2, 0) is 10.2 Å². The van der Waals surface area contributed by atoms with Gasteiger partial charge in [-0.25, -0.2) is 0 Å². The fraction of sp³-hybridized carbons (Fsp3) is 0.381. The van der Waals surface area contributed by atoms with E-state index in [0.717, 1.165) is 24.0 Å². The molecule has 1 unspecified atom stereocenters. The lowest BCUT2D eigenvalue weighted by Crippen LogP contribution is -2.48. The molecule has 0 spiro atoms. The van der Waals surface area contributed by atoms with Crippen LogP contribution >= 0.6 is 0 Å². The van der Waals surface area contributed by atoms with Gasteiger partial charge in [-0.05, 0) is 43.2 Å². The van der Waals surface area contributed by atoms with E-state index in [1.165, 1.54) is 0 Å². The Kier molecular flexibility index (Phi) is 5.00. The topological polar surface area (TPSA) is 49.3 Å². The average Bonchev–Trinajstić information content (AvgIpc) is 3.47. The Hall–Kier alpha value is -2.13. The summed E-state index contributed by atoms with van der Waals surface area (Å²) in [7, 11) is 0. The van der Waals surface area contributed by atoms with E-state index in [-0.39, 0.29) is 18.6 Å². The van der Waals surface area contributed by atoms with E-state index in [9.17, 15) is 9.90 Å². The van der Waals surface area contributed by atoms with E-state index in [2.05, 4.69) is 5.32 Å². The van der Waals surface area contributed by atoms with Crippen LogP contribution in [0, 0.1) is 5.92 Å². The van der Waals surface area contributed by atoms with Gasteiger partial charge >= 0.3 is 0 Å². The molecule has 1 aliphatic rings. The summed E-state index contributed by atoms with van der Waals surface area (Å²) in [5.74, 6) is 0.516. The van der Waals surface area contributed by atoms with Crippen molar-refractivity contribution in [2.45, 2.75) is 37.6 Å². The Balaban J connectivity index is 1.94. The number of hydrogen-bond acceptors (Lipinski definition) is 2. The minimum absolute atomic E-state index is 0.00486. The minimum Gasteiger partial charge on any atom is -0.396 e. The Morgan fingerprint density at radius 2 is 1.58 bits per heavy atom. The highest BCUT2D eigenvalue weighted by molar-refractivity contribution is 5.91. The van der Waals surface area contributed by atoms with E-state index in [0.29, 0.717) is 12.3 Å². The van der Waals surface area contributed by atoms with Crippen LogP contribution < -0.4 is 5.32 Å². The van der Waals surface area contributed by atoms with E-state index < -0.39 is 5.41 Å². The third-order valence-electron chi connectivity index (χ3n) is 5.10. The molecule has 2 aromatic rings. The number of rotatable bonds is 7.